The van der Waals surface area contributed by atoms with E-state index >= 15 is 0 Å². The fourth-order valence-corrected chi connectivity index (χ4v) is 6.02. The monoisotopic (exact) mass is 613 g/mol. The molecule has 0 saturated heterocycles. The van der Waals surface area contributed by atoms with Crippen LogP contribution in [0.3, 0.4) is 0 Å². The highest BCUT2D eigenvalue weighted by atomic mass is 32.2. The van der Waals surface area contributed by atoms with Crippen LogP contribution in [0.2, 0.25) is 0 Å². The van der Waals surface area contributed by atoms with Crippen LogP contribution in [-0.2, 0) is 26.0 Å². The summed E-state index contributed by atoms with van der Waals surface area (Å²) in [6, 6.07) is 32.6. The first-order chi connectivity index (χ1) is 21.2. The van der Waals surface area contributed by atoms with Gasteiger partial charge >= 0.3 is 0 Å². The standard InChI is InChI=1S/C35H39N3O5S/c1-4-27(2)36-35(40)28(3)37(25-24-29-14-8-5-9-15-29)34(39)26-38(44(41,42)33-18-12-7-13-19-33)30-20-22-32(23-21-30)43-31-16-10-6-11-17-31/h5-23,27-28H,4,24-26H2,1-3H3,(H,36,40)/t27-,28-/m0/s1. The van der Waals surface area contributed by atoms with E-state index in [-0.39, 0.29) is 23.4 Å². The summed E-state index contributed by atoms with van der Waals surface area (Å²) in [5, 5.41) is 2.95. The predicted octanol–water partition coefficient (Wildman–Crippen LogP) is 6.05. The van der Waals surface area contributed by atoms with Crippen molar-refractivity contribution in [3.63, 3.8) is 0 Å². The van der Waals surface area contributed by atoms with Crippen LogP contribution in [0.4, 0.5) is 5.69 Å². The normalized spacial score (nSPS) is 12.5. The third-order valence-corrected chi connectivity index (χ3v) is 9.15. The molecule has 4 aromatic rings. The summed E-state index contributed by atoms with van der Waals surface area (Å²) < 4.78 is 34.9. The van der Waals surface area contributed by atoms with Gasteiger partial charge in [0.05, 0.1) is 10.6 Å². The van der Waals surface area contributed by atoms with Crippen molar-refractivity contribution < 1.29 is 22.7 Å². The fraction of sp³-hybridized carbons (Fsp3) is 0.257. The maximum absolute atomic E-state index is 14.1. The van der Waals surface area contributed by atoms with E-state index in [9.17, 15) is 18.0 Å². The molecule has 0 aliphatic carbocycles. The van der Waals surface area contributed by atoms with E-state index in [1.165, 1.54) is 17.0 Å². The van der Waals surface area contributed by atoms with E-state index in [0.29, 0.717) is 23.6 Å². The number of hydrogen-bond acceptors (Lipinski definition) is 5. The Morgan fingerprint density at radius 1 is 0.773 bits per heavy atom. The van der Waals surface area contributed by atoms with Crippen molar-refractivity contribution in [1.82, 2.24) is 10.2 Å². The summed E-state index contributed by atoms with van der Waals surface area (Å²) in [7, 11) is -4.15. The summed E-state index contributed by atoms with van der Waals surface area (Å²) in [4.78, 5) is 28.7. The Morgan fingerprint density at radius 2 is 1.32 bits per heavy atom. The van der Waals surface area contributed by atoms with Crippen LogP contribution in [0.25, 0.3) is 0 Å². The molecule has 9 heteroatoms. The number of para-hydroxylation sites is 1. The molecule has 0 spiro atoms. The van der Waals surface area contributed by atoms with E-state index in [4.69, 9.17) is 4.74 Å². The number of rotatable bonds is 14. The van der Waals surface area contributed by atoms with Gasteiger partial charge in [0.25, 0.3) is 10.0 Å². The Bertz CT molecular complexity index is 1600. The van der Waals surface area contributed by atoms with Gasteiger partial charge in [-0.2, -0.15) is 0 Å². The van der Waals surface area contributed by atoms with E-state index in [1.54, 1.807) is 49.4 Å². The van der Waals surface area contributed by atoms with Crippen LogP contribution in [0, 0.1) is 0 Å². The SMILES string of the molecule is CC[C@H](C)NC(=O)[C@H](C)N(CCc1ccccc1)C(=O)CN(c1ccc(Oc2ccccc2)cc1)S(=O)(=O)c1ccccc1. The average Bonchev–Trinajstić information content (AvgIpc) is 3.05. The Morgan fingerprint density at radius 3 is 1.91 bits per heavy atom. The van der Waals surface area contributed by atoms with Gasteiger partial charge in [-0.05, 0) is 80.8 Å². The number of ether oxygens (including phenoxy) is 1. The first-order valence-corrected chi connectivity index (χ1v) is 16.2. The lowest BCUT2D eigenvalue weighted by Gasteiger charge is -2.32. The average molecular weight is 614 g/mol. The van der Waals surface area contributed by atoms with Crippen LogP contribution < -0.4 is 14.4 Å². The summed E-state index contributed by atoms with van der Waals surface area (Å²) >= 11 is 0. The van der Waals surface area contributed by atoms with E-state index in [0.717, 1.165) is 16.3 Å². The minimum atomic E-state index is -4.15. The Balaban J connectivity index is 1.65. The number of amides is 2. The molecule has 0 radical (unpaired) electrons. The summed E-state index contributed by atoms with van der Waals surface area (Å²) in [5.74, 6) is 0.378. The Kier molecular flexibility index (Phi) is 11.2. The topological polar surface area (TPSA) is 96.0 Å². The first-order valence-electron chi connectivity index (χ1n) is 14.7. The molecule has 44 heavy (non-hydrogen) atoms. The maximum atomic E-state index is 14.1. The lowest BCUT2D eigenvalue weighted by Crippen LogP contribution is -2.53. The number of carbonyl (C=O) groups excluding carboxylic acids is 2. The van der Waals surface area contributed by atoms with Gasteiger partial charge in [0.2, 0.25) is 11.8 Å². The quantitative estimate of drug-likeness (QED) is 0.187. The number of anilines is 1. The molecule has 0 unspecified atom stereocenters. The second-order valence-corrected chi connectivity index (χ2v) is 12.4. The molecule has 230 valence electrons. The molecule has 0 saturated carbocycles. The van der Waals surface area contributed by atoms with Crippen molar-refractivity contribution in [2.24, 2.45) is 0 Å². The van der Waals surface area contributed by atoms with Gasteiger partial charge in [-0.15, -0.1) is 0 Å². The Hall–Kier alpha value is -4.63. The zero-order chi connectivity index (χ0) is 31.5. The van der Waals surface area contributed by atoms with Gasteiger partial charge in [-0.25, -0.2) is 8.42 Å². The van der Waals surface area contributed by atoms with Gasteiger partial charge in [0, 0.05) is 12.6 Å². The second-order valence-electron chi connectivity index (χ2n) is 10.6. The van der Waals surface area contributed by atoms with Crippen LogP contribution in [-0.4, -0.2) is 50.3 Å². The molecule has 2 amide bonds. The smallest absolute Gasteiger partial charge is 0.264 e. The van der Waals surface area contributed by atoms with Gasteiger partial charge in [0.15, 0.2) is 0 Å². The number of nitrogens with one attached hydrogen (secondary N) is 1. The third kappa shape index (κ3) is 8.48. The highest BCUT2D eigenvalue weighted by Crippen LogP contribution is 2.28. The van der Waals surface area contributed by atoms with Crippen molar-refractivity contribution in [3.8, 4) is 11.5 Å². The zero-order valence-electron chi connectivity index (χ0n) is 25.3. The molecule has 2 atom stereocenters. The molecular formula is C35H39N3O5S. The van der Waals surface area contributed by atoms with Crippen molar-refractivity contribution in [1.29, 1.82) is 0 Å². The zero-order valence-corrected chi connectivity index (χ0v) is 26.1. The molecule has 8 nitrogen and oxygen atoms in total. The lowest BCUT2D eigenvalue weighted by atomic mass is 10.1. The van der Waals surface area contributed by atoms with Crippen LogP contribution >= 0.6 is 0 Å². The second kappa shape index (κ2) is 15.2. The molecule has 4 aromatic carbocycles. The van der Waals surface area contributed by atoms with Gasteiger partial charge in [-0.3, -0.25) is 13.9 Å². The summed E-state index contributed by atoms with van der Waals surface area (Å²) in [6.45, 7) is 5.29. The van der Waals surface area contributed by atoms with Gasteiger partial charge in [-0.1, -0.05) is 73.7 Å². The highest BCUT2D eigenvalue weighted by molar-refractivity contribution is 7.92. The maximum Gasteiger partial charge on any atom is 0.264 e. The first kappa shape index (κ1) is 32.3. The van der Waals surface area contributed by atoms with E-state index in [1.807, 2.05) is 74.5 Å². The number of nitrogens with zero attached hydrogens (tertiary/aromatic N) is 2. The van der Waals surface area contributed by atoms with Gasteiger partial charge in [0.1, 0.15) is 24.1 Å². The van der Waals surface area contributed by atoms with Crippen LogP contribution in [0.15, 0.2) is 120 Å². The van der Waals surface area contributed by atoms with Crippen molar-refractivity contribution in [2.45, 2.75) is 50.6 Å². The van der Waals surface area contributed by atoms with Crippen molar-refractivity contribution in [2.75, 3.05) is 17.4 Å². The minimum absolute atomic E-state index is 0.0517. The lowest BCUT2D eigenvalue weighted by molar-refractivity contribution is -0.139. The molecule has 0 bridgehead atoms. The number of sulfonamides is 1. The van der Waals surface area contributed by atoms with E-state index < -0.39 is 28.5 Å². The summed E-state index contributed by atoms with van der Waals surface area (Å²) in [5.41, 5.74) is 1.30. The fourth-order valence-electron chi connectivity index (χ4n) is 4.59. The molecule has 0 aliphatic rings. The van der Waals surface area contributed by atoms with E-state index in [2.05, 4.69) is 5.32 Å². The molecule has 4 rings (SSSR count). The molecule has 0 heterocycles. The third-order valence-electron chi connectivity index (χ3n) is 7.37. The molecule has 0 aliphatic heterocycles. The molecule has 0 aromatic heterocycles. The molecule has 1 N–H and O–H groups in total. The highest BCUT2D eigenvalue weighted by Gasteiger charge is 2.32. The minimum Gasteiger partial charge on any atom is -0.457 e. The van der Waals surface area contributed by atoms with Crippen LogP contribution in [0.5, 0.6) is 11.5 Å². The number of carbonyl (C=O) groups is 2. The predicted molar refractivity (Wildman–Crippen MR) is 173 cm³/mol. The summed E-state index contributed by atoms with van der Waals surface area (Å²) in [6.07, 6.45) is 1.24. The van der Waals surface area contributed by atoms with Crippen molar-refractivity contribution in [3.05, 3.63) is 121 Å². The number of benzene rings is 4. The van der Waals surface area contributed by atoms with Crippen molar-refractivity contribution >= 4 is 27.5 Å². The largest absolute Gasteiger partial charge is 0.457 e. The number of hydrogen-bond donors (Lipinski definition) is 1. The molecule has 0 fully saturated rings. The van der Waals surface area contributed by atoms with Crippen LogP contribution in [0.1, 0.15) is 32.8 Å². The molecular weight excluding hydrogens is 574 g/mol. The Labute approximate surface area is 260 Å². The van der Waals surface area contributed by atoms with Gasteiger partial charge < -0.3 is 15.0 Å².